The fourth-order valence-corrected chi connectivity index (χ4v) is 2.65. The molecule has 2 aromatic rings. The highest BCUT2D eigenvalue weighted by Crippen LogP contribution is 2.16. The van der Waals surface area contributed by atoms with Crippen LogP contribution in [0.3, 0.4) is 0 Å². The second-order valence-electron chi connectivity index (χ2n) is 6.13. The maximum atomic E-state index is 12.2. The lowest BCUT2D eigenvalue weighted by atomic mass is 10.1. The SMILES string of the molecule is CC[NH+](CCC(=O)Nc1cc(C)ccc1C)Cc1ccccc1. The highest BCUT2D eigenvalue weighted by Gasteiger charge is 2.11. The molecule has 2 rings (SSSR count). The fraction of sp³-hybridized carbons (Fsp3) is 0.350. The van der Waals surface area contributed by atoms with Gasteiger partial charge in [0.1, 0.15) is 6.54 Å². The van der Waals surface area contributed by atoms with Gasteiger partial charge >= 0.3 is 0 Å². The molecule has 1 unspecified atom stereocenters. The highest BCUT2D eigenvalue weighted by atomic mass is 16.1. The van der Waals surface area contributed by atoms with E-state index in [1.54, 1.807) is 0 Å². The van der Waals surface area contributed by atoms with E-state index in [1.165, 1.54) is 10.5 Å². The molecular weight excluding hydrogens is 284 g/mol. The van der Waals surface area contributed by atoms with Gasteiger partial charge in [-0.2, -0.15) is 0 Å². The van der Waals surface area contributed by atoms with Crippen LogP contribution in [0.4, 0.5) is 5.69 Å². The molecule has 3 nitrogen and oxygen atoms in total. The minimum Gasteiger partial charge on any atom is -0.331 e. The summed E-state index contributed by atoms with van der Waals surface area (Å²) in [6, 6.07) is 16.6. The molecule has 0 heterocycles. The minimum absolute atomic E-state index is 0.0951. The van der Waals surface area contributed by atoms with Crippen LogP contribution in [0.5, 0.6) is 0 Å². The number of quaternary nitrogens is 1. The van der Waals surface area contributed by atoms with Crippen molar-refractivity contribution in [2.24, 2.45) is 0 Å². The number of carbonyl (C=O) groups is 1. The summed E-state index contributed by atoms with van der Waals surface area (Å²) in [7, 11) is 0. The quantitative estimate of drug-likeness (QED) is 0.810. The van der Waals surface area contributed by atoms with Crippen molar-refractivity contribution in [3.8, 4) is 0 Å². The summed E-state index contributed by atoms with van der Waals surface area (Å²) < 4.78 is 0. The van der Waals surface area contributed by atoms with E-state index in [0.717, 1.165) is 36.4 Å². The lowest BCUT2D eigenvalue weighted by molar-refractivity contribution is -0.911. The molecule has 0 aliphatic heterocycles. The molecule has 0 aromatic heterocycles. The first-order chi connectivity index (χ1) is 11.1. The van der Waals surface area contributed by atoms with Crippen molar-refractivity contribution < 1.29 is 9.69 Å². The van der Waals surface area contributed by atoms with Gasteiger partial charge in [0.25, 0.3) is 0 Å². The Bertz CT molecular complexity index is 637. The molecule has 0 spiro atoms. The van der Waals surface area contributed by atoms with Crippen LogP contribution in [0.2, 0.25) is 0 Å². The fourth-order valence-electron chi connectivity index (χ4n) is 2.65. The largest absolute Gasteiger partial charge is 0.331 e. The Morgan fingerprint density at radius 1 is 1.09 bits per heavy atom. The predicted octanol–water partition coefficient (Wildman–Crippen LogP) is 2.74. The van der Waals surface area contributed by atoms with Crippen LogP contribution in [0.25, 0.3) is 0 Å². The number of amides is 1. The smallest absolute Gasteiger partial charge is 0.230 e. The van der Waals surface area contributed by atoms with Crippen LogP contribution >= 0.6 is 0 Å². The van der Waals surface area contributed by atoms with Gasteiger partial charge in [-0.05, 0) is 38.0 Å². The normalized spacial score (nSPS) is 12.0. The van der Waals surface area contributed by atoms with Crippen molar-refractivity contribution in [2.45, 2.75) is 33.7 Å². The van der Waals surface area contributed by atoms with Crippen LogP contribution in [0, 0.1) is 13.8 Å². The number of anilines is 1. The van der Waals surface area contributed by atoms with E-state index in [-0.39, 0.29) is 5.91 Å². The van der Waals surface area contributed by atoms with E-state index < -0.39 is 0 Å². The summed E-state index contributed by atoms with van der Waals surface area (Å²) in [6.07, 6.45) is 0.545. The van der Waals surface area contributed by atoms with Gasteiger partial charge in [-0.3, -0.25) is 4.79 Å². The second-order valence-corrected chi connectivity index (χ2v) is 6.13. The van der Waals surface area contributed by atoms with Gasteiger partial charge in [0.15, 0.2) is 0 Å². The van der Waals surface area contributed by atoms with Crippen molar-refractivity contribution in [1.82, 2.24) is 0 Å². The molecule has 0 fully saturated rings. The van der Waals surface area contributed by atoms with Gasteiger partial charge in [-0.1, -0.05) is 42.5 Å². The Hall–Kier alpha value is -2.13. The summed E-state index contributed by atoms with van der Waals surface area (Å²) in [5.41, 5.74) is 4.51. The predicted molar refractivity (Wildman–Crippen MR) is 95.7 cm³/mol. The van der Waals surface area contributed by atoms with Crippen LogP contribution in [0.1, 0.15) is 30.0 Å². The zero-order valence-corrected chi connectivity index (χ0v) is 14.4. The van der Waals surface area contributed by atoms with Crippen LogP contribution in [-0.4, -0.2) is 19.0 Å². The van der Waals surface area contributed by atoms with Crippen molar-refractivity contribution in [2.75, 3.05) is 18.4 Å². The molecule has 0 aliphatic carbocycles. The third kappa shape index (κ3) is 5.53. The lowest BCUT2D eigenvalue weighted by Gasteiger charge is -2.18. The van der Waals surface area contributed by atoms with Crippen molar-refractivity contribution in [3.05, 3.63) is 65.2 Å². The molecule has 3 heteroatoms. The van der Waals surface area contributed by atoms with Crippen LogP contribution in [0.15, 0.2) is 48.5 Å². The first kappa shape index (κ1) is 17.2. The number of aryl methyl sites for hydroxylation is 2. The number of hydrogen-bond acceptors (Lipinski definition) is 1. The molecule has 1 atom stereocenters. The average Bonchev–Trinajstić information content (AvgIpc) is 2.56. The average molecular weight is 311 g/mol. The Morgan fingerprint density at radius 2 is 1.83 bits per heavy atom. The standard InChI is InChI=1S/C20H26N2O/c1-4-22(15-18-8-6-5-7-9-18)13-12-20(23)21-19-14-16(2)10-11-17(19)3/h5-11,14H,4,12-13,15H2,1-3H3,(H,21,23)/p+1. The summed E-state index contributed by atoms with van der Waals surface area (Å²) in [6.45, 7) is 9.06. The van der Waals surface area contributed by atoms with Gasteiger partial charge in [0, 0.05) is 11.3 Å². The number of rotatable bonds is 7. The molecule has 122 valence electrons. The summed E-state index contributed by atoms with van der Waals surface area (Å²) >= 11 is 0. The van der Waals surface area contributed by atoms with E-state index in [0.29, 0.717) is 6.42 Å². The third-order valence-corrected chi connectivity index (χ3v) is 4.17. The van der Waals surface area contributed by atoms with Gasteiger partial charge in [-0.15, -0.1) is 0 Å². The van der Waals surface area contributed by atoms with Crippen LogP contribution < -0.4 is 10.2 Å². The van der Waals surface area contributed by atoms with Crippen molar-refractivity contribution in [1.29, 1.82) is 0 Å². The van der Waals surface area contributed by atoms with E-state index in [2.05, 4.69) is 42.6 Å². The first-order valence-corrected chi connectivity index (χ1v) is 8.33. The Kier molecular flexibility index (Phi) is 6.36. The number of hydrogen-bond donors (Lipinski definition) is 2. The zero-order chi connectivity index (χ0) is 16.7. The Labute approximate surface area is 139 Å². The third-order valence-electron chi connectivity index (χ3n) is 4.17. The molecule has 23 heavy (non-hydrogen) atoms. The Morgan fingerprint density at radius 3 is 2.52 bits per heavy atom. The van der Waals surface area contributed by atoms with E-state index in [1.807, 2.05) is 32.0 Å². The molecule has 1 amide bonds. The maximum Gasteiger partial charge on any atom is 0.230 e. The first-order valence-electron chi connectivity index (χ1n) is 8.33. The molecule has 2 aromatic carbocycles. The van der Waals surface area contributed by atoms with E-state index >= 15 is 0 Å². The van der Waals surface area contributed by atoms with Gasteiger partial charge in [-0.25, -0.2) is 0 Å². The maximum absolute atomic E-state index is 12.2. The van der Waals surface area contributed by atoms with Gasteiger partial charge in [0.2, 0.25) is 5.91 Å². The highest BCUT2D eigenvalue weighted by molar-refractivity contribution is 5.91. The monoisotopic (exact) mass is 311 g/mol. The second kappa shape index (κ2) is 8.49. The number of carbonyl (C=O) groups excluding carboxylic acids is 1. The summed E-state index contributed by atoms with van der Waals surface area (Å²) in [5, 5.41) is 3.04. The molecule has 0 saturated heterocycles. The van der Waals surface area contributed by atoms with Crippen molar-refractivity contribution in [3.63, 3.8) is 0 Å². The molecule has 0 saturated carbocycles. The zero-order valence-electron chi connectivity index (χ0n) is 14.4. The number of nitrogens with one attached hydrogen (secondary N) is 2. The van der Waals surface area contributed by atoms with Gasteiger partial charge in [0.05, 0.1) is 19.5 Å². The lowest BCUT2D eigenvalue weighted by Crippen LogP contribution is -3.10. The van der Waals surface area contributed by atoms with Crippen LogP contribution in [-0.2, 0) is 11.3 Å². The molecular formula is C20H27N2O+. The van der Waals surface area contributed by atoms with Crippen molar-refractivity contribution >= 4 is 11.6 Å². The molecule has 0 bridgehead atoms. The van der Waals surface area contributed by atoms with Gasteiger partial charge < -0.3 is 10.2 Å². The molecule has 0 aliphatic rings. The summed E-state index contributed by atoms with van der Waals surface area (Å²) in [4.78, 5) is 13.6. The van der Waals surface area contributed by atoms with E-state index in [4.69, 9.17) is 0 Å². The van der Waals surface area contributed by atoms with E-state index in [9.17, 15) is 4.79 Å². The topological polar surface area (TPSA) is 33.5 Å². The Balaban J connectivity index is 1.86. The molecule has 2 N–H and O–H groups in total. The molecule has 0 radical (unpaired) electrons. The number of benzene rings is 2. The summed E-state index contributed by atoms with van der Waals surface area (Å²) in [5.74, 6) is 0.0951. The minimum atomic E-state index is 0.0951.